The first-order chi connectivity index (χ1) is 14.5. The quantitative estimate of drug-likeness (QED) is 0.307. The third kappa shape index (κ3) is 4.40. The second-order valence-corrected chi connectivity index (χ2v) is 7.32. The van der Waals surface area contributed by atoms with Crippen LogP contribution in [0.1, 0.15) is 33.3 Å². The smallest absolute Gasteiger partial charge is 0.212 e. The molecule has 5 nitrogen and oxygen atoms in total. The number of aryl methyl sites for hydroxylation is 1. The highest BCUT2D eigenvalue weighted by atomic mass is 16.5. The van der Waals surface area contributed by atoms with Crippen LogP contribution in [0.25, 0.3) is 10.9 Å². The van der Waals surface area contributed by atoms with Gasteiger partial charge >= 0.3 is 0 Å². The molecule has 0 amide bonds. The van der Waals surface area contributed by atoms with E-state index < -0.39 is 0 Å². The summed E-state index contributed by atoms with van der Waals surface area (Å²) in [5.41, 5.74) is 5.41. The number of fused-ring (bicyclic) bond motifs is 1. The molecule has 1 heterocycles. The summed E-state index contributed by atoms with van der Waals surface area (Å²) >= 11 is 0. The first kappa shape index (κ1) is 21.6. The van der Waals surface area contributed by atoms with Crippen LogP contribution in [0.15, 0.2) is 59.8 Å². The highest BCUT2D eigenvalue weighted by Gasteiger charge is 2.15. The Morgan fingerprint density at radius 2 is 1.77 bits per heavy atom. The fraction of sp³-hybridized carbons (Fsp3) is 0.360. The summed E-state index contributed by atoms with van der Waals surface area (Å²) in [5.74, 6) is 0.852. The minimum atomic E-state index is 0.616. The van der Waals surface area contributed by atoms with Crippen molar-refractivity contribution in [3.05, 3.63) is 60.3 Å². The number of hydrazone groups is 1. The van der Waals surface area contributed by atoms with Crippen LogP contribution >= 0.6 is 0 Å². The maximum atomic E-state index is 5.97. The number of anilines is 2. The number of aromatic nitrogens is 1. The van der Waals surface area contributed by atoms with E-state index in [4.69, 9.17) is 9.84 Å². The minimum Gasteiger partial charge on any atom is -0.492 e. The predicted octanol–water partition coefficient (Wildman–Crippen LogP) is 4.77. The van der Waals surface area contributed by atoms with Gasteiger partial charge in [0.05, 0.1) is 17.7 Å². The summed E-state index contributed by atoms with van der Waals surface area (Å²) in [4.78, 5) is 2.32. The lowest BCUT2D eigenvalue weighted by atomic mass is 10.1. The second kappa shape index (κ2) is 9.61. The summed E-state index contributed by atoms with van der Waals surface area (Å²) < 4.78 is 8.10. The van der Waals surface area contributed by atoms with E-state index in [1.807, 2.05) is 19.0 Å². The molecule has 0 atom stereocenters. The largest absolute Gasteiger partial charge is 0.492 e. The first-order valence-corrected chi connectivity index (χ1v) is 10.7. The van der Waals surface area contributed by atoms with Gasteiger partial charge in [-0.05, 0) is 45.9 Å². The molecular weight excluding hydrogens is 372 g/mol. The van der Waals surface area contributed by atoms with E-state index in [9.17, 15) is 0 Å². The Balaban J connectivity index is 1.99. The lowest BCUT2D eigenvalue weighted by Gasteiger charge is -2.24. The summed E-state index contributed by atoms with van der Waals surface area (Å²) in [6.07, 6.45) is 2.08. The molecule has 0 fully saturated rings. The van der Waals surface area contributed by atoms with E-state index in [1.54, 1.807) is 0 Å². The van der Waals surface area contributed by atoms with Crippen molar-refractivity contribution in [1.29, 1.82) is 0 Å². The topological polar surface area (TPSA) is 31.9 Å². The molecule has 158 valence electrons. The Labute approximate surface area is 180 Å². The van der Waals surface area contributed by atoms with Crippen molar-refractivity contribution in [3.8, 4) is 5.75 Å². The predicted molar refractivity (Wildman–Crippen MR) is 127 cm³/mol. The van der Waals surface area contributed by atoms with Gasteiger partial charge in [0.15, 0.2) is 6.20 Å². The molecule has 0 N–H and O–H groups in total. The van der Waals surface area contributed by atoms with Gasteiger partial charge in [-0.15, -0.1) is 0 Å². The molecule has 0 unspecified atom stereocenters. The Kier molecular flexibility index (Phi) is 6.93. The zero-order chi connectivity index (χ0) is 21.7. The summed E-state index contributed by atoms with van der Waals surface area (Å²) in [7, 11) is 4.04. The third-order valence-electron chi connectivity index (χ3n) is 5.45. The maximum Gasteiger partial charge on any atom is 0.212 e. The summed E-state index contributed by atoms with van der Waals surface area (Å²) in [5, 5.41) is 8.01. The zero-order valence-corrected chi connectivity index (χ0v) is 19.0. The van der Waals surface area contributed by atoms with Gasteiger partial charge in [0, 0.05) is 49.6 Å². The Bertz CT molecular complexity index is 1040. The average molecular weight is 406 g/mol. The number of ether oxygens (including phenoxy) is 1. The molecule has 5 heteroatoms. The molecule has 3 aromatic rings. The van der Waals surface area contributed by atoms with Gasteiger partial charge in [-0.3, -0.25) is 5.01 Å². The van der Waals surface area contributed by atoms with E-state index in [0.29, 0.717) is 6.61 Å². The summed E-state index contributed by atoms with van der Waals surface area (Å²) in [6.45, 7) is 11.0. The van der Waals surface area contributed by atoms with E-state index in [1.165, 1.54) is 16.6 Å². The normalized spacial score (nSPS) is 11.6. The van der Waals surface area contributed by atoms with Crippen molar-refractivity contribution in [1.82, 2.24) is 0 Å². The number of hydrogen-bond donors (Lipinski definition) is 0. The number of nitrogens with zero attached hydrogens (tertiary/aromatic N) is 4. The number of rotatable bonds is 8. The monoisotopic (exact) mass is 405 g/mol. The molecule has 0 aliphatic rings. The van der Waals surface area contributed by atoms with Crippen LogP contribution in [0, 0.1) is 0 Å². The molecule has 0 aliphatic heterocycles. The van der Waals surface area contributed by atoms with Crippen LogP contribution in [0.3, 0.4) is 0 Å². The van der Waals surface area contributed by atoms with Gasteiger partial charge in [0.25, 0.3) is 0 Å². The van der Waals surface area contributed by atoms with Gasteiger partial charge in [-0.1, -0.05) is 12.1 Å². The molecule has 0 bridgehead atoms. The van der Waals surface area contributed by atoms with Crippen molar-refractivity contribution in [2.24, 2.45) is 12.1 Å². The van der Waals surface area contributed by atoms with Crippen LogP contribution in [-0.2, 0) is 7.05 Å². The Morgan fingerprint density at radius 3 is 2.47 bits per heavy atom. The average Bonchev–Trinajstić information content (AvgIpc) is 2.75. The molecule has 3 rings (SSSR count). The molecule has 0 aliphatic carbocycles. The van der Waals surface area contributed by atoms with Crippen molar-refractivity contribution in [2.45, 2.75) is 27.7 Å². The number of benzene rings is 2. The molecule has 0 saturated heterocycles. The Hall–Kier alpha value is -3.08. The summed E-state index contributed by atoms with van der Waals surface area (Å²) in [6, 6.07) is 16.9. The number of pyridine rings is 1. The van der Waals surface area contributed by atoms with E-state index in [-0.39, 0.29) is 0 Å². The third-order valence-corrected chi connectivity index (χ3v) is 5.45. The second-order valence-electron chi connectivity index (χ2n) is 7.32. The first-order valence-electron chi connectivity index (χ1n) is 10.7. The van der Waals surface area contributed by atoms with Crippen molar-refractivity contribution < 1.29 is 9.30 Å². The lowest BCUT2D eigenvalue weighted by Crippen LogP contribution is -2.29. The SMILES string of the molecule is CCOc1cc(N(CC)CC)ccc1N(C)/N=C(\C)c1cc[n+](C)c2ccccc12. The van der Waals surface area contributed by atoms with Crippen LogP contribution in [0.2, 0.25) is 0 Å². The van der Waals surface area contributed by atoms with Gasteiger partial charge in [-0.2, -0.15) is 5.10 Å². The van der Waals surface area contributed by atoms with Crippen molar-refractivity contribution in [2.75, 3.05) is 36.7 Å². The van der Waals surface area contributed by atoms with Gasteiger partial charge < -0.3 is 9.64 Å². The highest BCUT2D eigenvalue weighted by Crippen LogP contribution is 2.33. The van der Waals surface area contributed by atoms with Crippen LogP contribution in [0.4, 0.5) is 11.4 Å². The van der Waals surface area contributed by atoms with Gasteiger partial charge in [0.1, 0.15) is 18.5 Å². The van der Waals surface area contributed by atoms with Gasteiger partial charge in [-0.25, -0.2) is 4.57 Å². The molecule has 0 saturated carbocycles. The van der Waals surface area contributed by atoms with Crippen molar-refractivity contribution >= 4 is 28.0 Å². The fourth-order valence-electron chi connectivity index (χ4n) is 3.84. The zero-order valence-electron chi connectivity index (χ0n) is 19.0. The van der Waals surface area contributed by atoms with Crippen LogP contribution in [0.5, 0.6) is 5.75 Å². The van der Waals surface area contributed by atoms with Gasteiger partial charge in [0.2, 0.25) is 5.52 Å². The molecule has 1 aromatic heterocycles. The maximum absolute atomic E-state index is 5.97. The minimum absolute atomic E-state index is 0.616. The fourth-order valence-corrected chi connectivity index (χ4v) is 3.84. The Morgan fingerprint density at radius 1 is 1.03 bits per heavy atom. The number of para-hydroxylation sites is 1. The number of hydrogen-bond acceptors (Lipinski definition) is 4. The molecule has 0 radical (unpaired) electrons. The molecular formula is C25H33N4O+. The molecule has 2 aromatic carbocycles. The van der Waals surface area contributed by atoms with E-state index in [2.05, 4.69) is 92.0 Å². The standard InChI is InChI=1S/C25H33N4O/c1-7-29(8-2)20-14-15-24(25(18-20)30-9-3)28(6)26-19(4)21-16-17-27(5)23-13-11-10-12-22(21)23/h10-18H,7-9H2,1-6H3/q+1. The molecule has 30 heavy (non-hydrogen) atoms. The van der Waals surface area contributed by atoms with Crippen molar-refractivity contribution in [3.63, 3.8) is 0 Å². The van der Waals surface area contributed by atoms with Crippen LogP contribution in [-0.4, -0.2) is 32.5 Å². The highest BCUT2D eigenvalue weighted by molar-refractivity contribution is 6.08. The van der Waals surface area contributed by atoms with E-state index >= 15 is 0 Å². The van der Waals surface area contributed by atoms with Crippen LogP contribution < -0.4 is 19.2 Å². The lowest BCUT2D eigenvalue weighted by molar-refractivity contribution is -0.644. The molecule has 0 spiro atoms. The van der Waals surface area contributed by atoms with E-state index in [0.717, 1.165) is 35.8 Å².